The number of nitro groups is 1. The van der Waals surface area contributed by atoms with Crippen molar-refractivity contribution >= 4 is 23.3 Å². The van der Waals surface area contributed by atoms with Crippen LogP contribution in [0.15, 0.2) is 36.5 Å². The van der Waals surface area contributed by atoms with Crippen molar-refractivity contribution in [1.29, 1.82) is 0 Å². The monoisotopic (exact) mass is 447 g/mol. The van der Waals surface area contributed by atoms with E-state index in [2.05, 4.69) is 10.3 Å². The number of carbonyl (C=O) groups is 2. The average Bonchev–Trinajstić information content (AvgIpc) is 2.77. The van der Waals surface area contributed by atoms with Gasteiger partial charge < -0.3 is 15.1 Å². The lowest BCUT2D eigenvalue weighted by atomic mass is 10.0. The minimum Gasteiger partial charge on any atom is -0.353 e. The number of hydrogen-bond donors (Lipinski definition) is 1. The molecule has 170 valence electrons. The zero-order valence-electron chi connectivity index (χ0n) is 17.6. The zero-order chi connectivity index (χ0) is 23.4. The molecule has 1 atom stereocenters. The first-order valence-corrected chi connectivity index (χ1v) is 10.1. The maximum absolute atomic E-state index is 13.9. The van der Waals surface area contributed by atoms with Gasteiger partial charge in [0.1, 0.15) is 35.3 Å². The second kappa shape index (κ2) is 9.67. The van der Waals surface area contributed by atoms with E-state index in [4.69, 9.17) is 0 Å². The molecule has 1 aliphatic rings. The van der Waals surface area contributed by atoms with E-state index in [1.165, 1.54) is 12.3 Å². The molecule has 2 aromatic rings. The summed E-state index contributed by atoms with van der Waals surface area (Å²) in [6.07, 6.45) is 1.18. The first-order chi connectivity index (χ1) is 15.2. The van der Waals surface area contributed by atoms with Crippen LogP contribution in [0.5, 0.6) is 0 Å². The Morgan fingerprint density at radius 2 is 1.72 bits per heavy atom. The van der Waals surface area contributed by atoms with Gasteiger partial charge in [-0.05, 0) is 24.1 Å². The molecule has 0 bridgehead atoms. The fourth-order valence-corrected chi connectivity index (χ4v) is 3.47. The summed E-state index contributed by atoms with van der Waals surface area (Å²) in [4.78, 5) is 43.3. The Balaban J connectivity index is 1.65. The van der Waals surface area contributed by atoms with Gasteiger partial charge in [-0.25, -0.2) is 13.8 Å². The van der Waals surface area contributed by atoms with Gasteiger partial charge in [0.25, 0.3) is 11.6 Å². The lowest BCUT2D eigenvalue weighted by molar-refractivity contribution is -0.385. The zero-order valence-corrected chi connectivity index (χ0v) is 17.6. The van der Waals surface area contributed by atoms with E-state index in [-0.39, 0.29) is 17.5 Å². The number of rotatable bonds is 6. The summed E-state index contributed by atoms with van der Waals surface area (Å²) < 4.78 is 27.9. The number of piperazine rings is 1. The van der Waals surface area contributed by atoms with E-state index in [0.717, 1.165) is 18.2 Å². The standard InChI is InChI=1S/C21H23F2N5O4/c1-13(2)19(25-20(29)18-15(22)4-3-5-16(18)23)21(30)27-10-8-26(9-11-27)17-7-6-14(12-24-17)28(31)32/h3-7,12-13,19H,8-11H2,1-2H3,(H,25,29)/t19-/m0/s1. The van der Waals surface area contributed by atoms with Crippen LogP contribution in [-0.4, -0.2) is 58.8 Å². The van der Waals surface area contributed by atoms with Crippen LogP contribution in [0.2, 0.25) is 0 Å². The topological polar surface area (TPSA) is 109 Å². The fourth-order valence-electron chi connectivity index (χ4n) is 3.47. The van der Waals surface area contributed by atoms with Gasteiger partial charge in [-0.3, -0.25) is 19.7 Å². The quantitative estimate of drug-likeness (QED) is 0.538. The summed E-state index contributed by atoms with van der Waals surface area (Å²) in [7, 11) is 0. The summed E-state index contributed by atoms with van der Waals surface area (Å²) in [5.41, 5.74) is -0.829. The summed E-state index contributed by atoms with van der Waals surface area (Å²) >= 11 is 0. The Morgan fingerprint density at radius 3 is 2.22 bits per heavy atom. The minimum atomic E-state index is -0.998. The molecular weight excluding hydrogens is 424 g/mol. The highest BCUT2D eigenvalue weighted by Gasteiger charge is 2.32. The molecule has 2 amide bonds. The highest BCUT2D eigenvalue weighted by Crippen LogP contribution is 2.19. The van der Waals surface area contributed by atoms with Crippen LogP contribution >= 0.6 is 0 Å². The molecule has 0 radical (unpaired) electrons. The van der Waals surface area contributed by atoms with Gasteiger partial charge in [-0.1, -0.05) is 19.9 Å². The van der Waals surface area contributed by atoms with Crippen molar-refractivity contribution in [2.45, 2.75) is 19.9 Å². The summed E-state index contributed by atoms with van der Waals surface area (Å²) in [6, 6.07) is 5.09. The average molecular weight is 447 g/mol. The Morgan fingerprint density at radius 1 is 1.09 bits per heavy atom. The number of nitrogens with zero attached hydrogens (tertiary/aromatic N) is 4. The molecular formula is C21H23F2N5O4. The van der Waals surface area contributed by atoms with Crippen molar-refractivity contribution in [3.8, 4) is 0 Å². The molecule has 0 spiro atoms. The highest BCUT2D eigenvalue weighted by atomic mass is 19.1. The molecule has 0 aliphatic carbocycles. The van der Waals surface area contributed by atoms with Crippen LogP contribution in [0.3, 0.4) is 0 Å². The maximum Gasteiger partial charge on any atom is 0.287 e. The summed E-state index contributed by atoms with van der Waals surface area (Å²) in [5.74, 6) is -3.08. The van der Waals surface area contributed by atoms with Gasteiger partial charge in [0.2, 0.25) is 5.91 Å². The Kier molecular flexibility index (Phi) is 6.96. The molecule has 1 aromatic heterocycles. The molecule has 32 heavy (non-hydrogen) atoms. The normalized spacial score (nSPS) is 14.9. The number of carbonyl (C=O) groups excluding carboxylic acids is 2. The molecule has 1 fully saturated rings. The number of benzene rings is 1. The van der Waals surface area contributed by atoms with E-state index in [9.17, 15) is 28.5 Å². The molecule has 1 aliphatic heterocycles. The van der Waals surface area contributed by atoms with Gasteiger partial charge in [0.15, 0.2) is 0 Å². The molecule has 3 rings (SSSR count). The van der Waals surface area contributed by atoms with Crippen LogP contribution in [-0.2, 0) is 4.79 Å². The molecule has 0 unspecified atom stereocenters. The van der Waals surface area contributed by atoms with Crippen LogP contribution < -0.4 is 10.2 Å². The molecule has 1 N–H and O–H groups in total. The largest absolute Gasteiger partial charge is 0.353 e. The van der Waals surface area contributed by atoms with Crippen LogP contribution in [0.4, 0.5) is 20.3 Å². The van der Waals surface area contributed by atoms with Gasteiger partial charge in [-0.15, -0.1) is 0 Å². The molecule has 1 aromatic carbocycles. The number of aromatic nitrogens is 1. The van der Waals surface area contributed by atoms with Crippen molar-refractivity contribution in [3.63, 3.8) is 0 Å². The van der Waals surface area contributed by atoms with Crippen molar-refractivity contribution in [2.75, 3.05) is 31.1 Å². The lowest BCUT2D eigenvalue weighted by Gasteiger charge is -2.37. The number of hydrogen-bond acceptors (Lipinski definition) is 6. The second-order valence-corrected chi connectivity index (χ2v) is 7.74. The number of nitrogens with one attached hydrogen (secondary N) is 1. The van der Waals surface area contributed by atoms with Crippen molar-refractivity contribution < 1.29 is 23.3 Å². The van der Waals surface area contributed by atoms with Crippen LogP contribution in [0.1, 0.15) is 24.2 Å². The van der Waals surface area contributed by atoms with E-state index < -0.39 is 34.1 Å². The van der Waals surface area contributed by atoms with Gasteiger partial charge >= 0.3 is 0 Å². The predicted molar refractivity (Wildman–Crippen MR) is 112 cm³/mol. The van der Waals surface area contributed by atoms with E-state index in [0.29, 0.717) is 32.0 Å². The van der Waals surface area contributed by atoms with Crippen molar-refractivity contribution in [3.05, 3.63) is 63.8 Å². The van der Waals surface area contributed by atoms with Gasteiger partial charge in [-0.2, -0.15) is 0 Å². The number of anilines is 1. The molecule has 2 heterocycles. The first-order valence-electron chi connectivity index (χ1n) is 10.1. The smallest absolute Gasteiger partial charge is 0.287 e. The van der Waals surface area contributed by atoms with E-state index in [1.54, 1.807) is 24.8 Å². The second-order valence-electron chi connectivity index (χ2n) is 7.74. The molecule has 11 heteroatoms. The number of pyridine rings is 1. The third-order valence-electron chi connectivity index (χ3n) is 5.27. The Bertz CT molecular complexity index is 987. The third-order valence-corrected chi connectivity index (χ3v) is 5.27. The van der Waals surface area contributed by atoms with E-state index in [1.807, 2.05) is 4.90 Å². The van der Waals surface area contributed by atoms with Gasteiger partial charge in [0, 0.05) is 32.2 Å². The lowest BCUT2D eigenvalue weighted by Crippen LogP contribution is -2.56. The number of amides is 2. The van der Waals surface area contributed by atoms with Crippen LogP contribution in [0, 0.1) is 27.7 Å². The van der Waals surface area contributed by atoms with E-state index >= 15 is 0 Å². The maximum atomic E-state index is 13.9. The Hall–Kier alpha value is -3.63. The third kappa shape index (κ3) is 4.98. The summed E-state index contributed by atoms with van der Waals surface area (Å²) in [6.45, 7) is 5.03. The molecule has 9 nitrogen and oxygen atoms in total. The predicted octanol–water partition coefficient (Wildman–Crippen LogP) is 2.37. The summed E-state index contributed by atoms with van der Waals surface area (Å²) in [5, 5.41) is 13.2. The SMILES string of the molecule is CC(C)[C@H](NC(=O)c1c(F)cccc1F)C(=O)N1CCN(c2ccc([N+](=O)[O-])cn2)CC1. The molecule has 1 saturated heterocycles. The van der Waals surface area contributed by atoms with Crippen molar-refractivity contribution in [2.24, 2.45) is 5.92 Å². The highest BCUT2D eigenvalue weighted by molar-refractivity contribution is 5.98. The Labute approximate surface area is 183 Å². The van der Waals surface area contributed by atoms with Gasteiger partial charge in [0.05, 0.1) is 4.92 Å². The fraction of sp³-hybridized carbons (Fsp3) is 0.381. The van der Waals surface area contributed by atoms with Crippen molar-refractivity contribution in [1.82, 2.24) is 15.2 Å². The molecule has 0 saturated carbocycles. The number of halogens is 2. The first kappa shape index (κ1) is 23.0. The minimum absolute atomic E-state index is 0.107. The van der Waals surface area contributed by atoms with Crippen LogP contribution in [0.25, 0.3) is 0 Å².